The molecular weight excluding hydrogens is 248 g/mol. The van der Waals surface area contributed by atoms with Crippen LogP contribution in [0.3, 0.4) is 0 Å². The molecule has 1 aromatic rings. The monoisotopic (exact) mass is 262 g/mol. The third-order valence-electron chi connectivity index (χ3n) is 2.52. The Balaban J connectivity index is 3.39. The van der Waals surface area contributed by atoms with E-state index in [4.69, 9.17) is 10.2 Å². The molecule has 0 radical (unpaired) electrons. The predicted octanol–water partition coefficient (Wildman–Crippen LogP) is 2.37. The molecule has 0 spiro atoms. The van der Waals surface area contributed by atoms with Crippen LogP contribution in [0.1, 0.15) is 25.0 Å². The van der Waals surface area contributed by atoms with Crippen LogP contribution >= 0.6 is 0 Å². The van der Waals surface area contributed by atoms with Gasteiger partial charge in [0.1, 0.15) is 5.75 Å². The van der Waals surface area contributed by atoms with Crippen molar-refractivity contribution in [1.82, 2.24) is 0 Å². The zero-order valence-corrected chi connectivity index (χ0v) is 10.5. The Hall–Kier alpha value is -2.56. The van der Waals surface area contributed by atoms with Gasteiger partial charge < -0.3 is 15.3 Å². The van der Waals surface area contributed by atoms with E-state index in [0.29, 0.717) is 5.56 Å². The zero-order chi connectivity index (χ0) is 14.6. The first-order valence-electron chi connectivity index (χ1n) is 5.48. The Labute approximate surface area is 110 Å². The lowest BCUT2D eigenvalue weighted by Crippen LogP contribution is -1.98. The van der Waals surface area contributed by atoms with Crippen molar-refractivity contribution in [1.29, 1.82) is 0 Å². The smallest absolute Gasteiger partial charge is 0.331 e. The molecule has 0 fully saturated rings. The van der Waals surface area contributed by atoms with E-state index >= 15 is 0 Å². The molecule has 1 aromatic carbocycles. The van der Waals surface area contributed by atoms with E-state index in [1.807, 2.05) is 0 Å². The van der Waals surface area contributed by atoms with E-state index in [-0.39, 0.29) is 22.5 Å². The maximum absolute atomic E-state index is 10.8. The molecule has 3 N–H and O–H groups in total. The van der Waals surface area contributed by atoms with Crippen LogP contribution < -0.4 is 0 Å². The van der Waals surface area contributed by atoms with Gasteiger partial charge in [0.2, 0.25) is 0 Å². The second-order valence-corrected chi connectivity index (χ2v) is 4.05. The van der Waals surface area contributed by atoms with Crippen LogP contribution in [-0.4, -0.2) is 27.3 Å². The van der Waals surface area contributed by atoms with E-state index in [0.717, 1.165) is 0 Å². The summed E-state index contributed by atoms with van der Waals surface area (Å²) in [6.45, 7) is 2.82. The molecule has 0 unspecified atom stereocenters. The molecule has 0 aliphatic heterocycles. The Morgan fingerprint density at radius 1 is 1.00 bits per heavy atom. The molecule has 0 heterocycles. The number of carbonyl (C=O) groups is 2. The van der Waals surface area contributed by atoms with Crippen molar-refractivity contribution in [2.24, 2.45) is 0 Å². The van der Waals surface area contributed by atoms with Crippen molar-refractivity contribution in [2.75, 3.05) is 0 Å². The zero-order valence-electron chi connectivity index (χ0n) is 10.5. The number of aliphatic carboxylic acids is 2. The maximum Gasteiger partial charge on any atom is 0.331 e. The number of carboxylic acids is 2. The topological polar surface area (TPSA) is 94.8 Å². The van der Waals surface area contributed by atoms with Gasteiger partial charge in [0, 0.05) is 16.7 Å². The molecule has 0 aliphatic rings. The Kier molecular flexibility index (Phi) is 4.47. The van der Waals surface area contributed by atoms with Crippen molar-refractivity contribution < 1.29 is 24.9 Å². The summed E-state index contributed by atoms with van der Waals surface area (Å²) >= 11 is 0. The van der Waals surface area contributed by atoms with Crippen molar-refractivity contribution in [3.63, 3.8) is 0 Å². The van der Waals surface area contributed by atoms with Crippen LogP contribution in [0.25, 0.3) is 12.2 Å². The summed E-state index contributed by atoms with van der Waals surface area (Å²) in [6.07, 6.45) is 2.68. The van der Waals surface area contributed by atoms with E-state index < -0.39 is 11.9 Å². The summed E-state index contributed by atoms with van der Waals surface area (Å²) in [5, 5.41) is 27.4. The van der Waals surface area contributed by atoms with E-state index in [9.17, 15) is 14.7 Å². The van der Waals surface area contributed by atoms with Gasteiger partial charge in [0.15, 0.2) is 0 Å². The lowest BCUT2D eigenvalue weighted by molar-refractivity contribution is -0.133. The lowest BCUT2D eigenvalue weighted by Gasteiger charge is -2.06. The highest BCUT2D eigenvalue weighted by Crippen LogP contribution is 2.26. The van der Waals surface area contributed by atoms with Crippen molar-refractivity contribution in [2.45, 2.75) is 13.8 Å². The van der Waals surface area contributed by atoms with Crippen molar-refractivity contribution in [3.8, 4) is 5.75 Å². The average molecular weight is 262 g/mol. The highest BCUT2D eigenvalue weighted by Gasteiger charge is 2.09. The molecule has 1 rings (SSSR count). The molecule has 0 bridgehead atoms. The highest BCUT2D eigenvalue weighted by atomic mass is 16.4. The average Bonchev–Trinajstić information content (AvgIpc) is 2.32. The fraction of sp³-hybridized carbons (Fsp3) is 0.143. The first-order chi connectivity index (χ1) is 8.82. The van der Waals surface area contributed by atoms with Gasteiger partial charge in [-0.15, -0.1) is 0 Å². The third-order valence-corrected chi connectivity index (χ3v) is 2.52. The van der Waals surface area contributed by atoms with Gasteiger partial charge in [-0.3, -0.25) is 0 Å². The molecule has 0 saturated heterocycles. The summed E-state index contributed by atoms with van der Waals surface area (Å²) in [4.78, 5) is 21.6. The lowest BCUT2D eigenvalue weighted by atomic mass is 10.0. The van der Waals surface area contributed by atoms with Gasteiger partial charge in [-0.25, -0.2) is 9.59 Å². The minimum atomic E-state index is -1.10. The number of hydrogen-bond acceptors (Lipinski definition) is 3. The molecule has 5 nitrogen and oxygen atoms in total. The standard InChI is InChI=1S/C14H14O5/c1-8(13(16)17)6-10-4-3-5-12(15)11(10)7-9(2)14(18)19/h3-7,15H,1-2H3,(H,16,17)(H,18,19). The Morgan fingerprint density at radius 2 is 1.53 bits per heavy atom. The number of aromatic hydroxyl groups is 1. The van der Waals surface area contributed by atoms with Crippen LogP contribution in [0, 0.1) is 0 Å². The van der Waals surface area contributed by atoms with Crippen molar-refractivity contribution >= 4 is 24.1 Å². The van der Waals surface area contributed by atoms with Gasteiger partial charge in [-0.2, -0.15) is 0 Å². The number of hydrogen-bond donors (Lipinski definition) is 3. The van der Waals surface area contributed by atoms with E-state index in [2.05, 4.69) is 0 Å². The molecule has 0 atom stereocenters. The maximum atomic E-state index is 10.8. The van der Waals surface area contributed by atoms with Gasteiger partial charge in [0.05, 0.1) is 0 Å². The van der Waals surface area contributed by atoms with Crippen LogP contribution in [-0.2, 0) is 9.59 Å². The Bertz CT molecular complexity index is 581. The Morgan fingerprint density at radius 3 is 2.05 bits per heavy atom. The van der Waals surface area contributed by atoms with Crippen LogP contribution in [0.15, 0.2) is 29.3 Å². The molecule has 0 aliphatic carbocycles. The van der Waals surface area contributed by atoms with Gasteiger partial charge in [-0.1, -0.05) is 12.1 Å². The molecule has 19 heavy (non-hydrogen) atoms. The molecular formula is C14H14O5. The summed E-state index contributed by atoms with van der Waals surface area (Å²) in [5.74, 6) is -2.28. The number of rotatable bonds is 4. The van der Waals surface area contributed by atoms with E-state index in [1.54, 1.807) is 12.1 Å². The molecule has 100 valence electrons. The van der Waals surface area contributed by atoms with Gasteiger partial charge in [0.25, 0.3) is 0 Å². The highest BCUT2D eigenvalue weighted by molar-refractivity contribution is 5.95. The fourth-order valence-electron chi connectivity index (χ4n) is 1.43. The summed E-state index contributed by atoms with van der Waals surface area (Å²) < 4.78 is 0. The van der Waals surface area contributed by atoms with Crippen LogP contribution in [0.2, 0.25) is 0 Å². The largest absolute Gasteiger partial charge is 0.507 e. The van der Waals surface area contributed by atoms with Crippen molar-refractivity contribution in [3.05, 3.63) is 40.5 Å². The van der Waals surface area contributed by atoms with Crippen LogP contribution in [0.4, 0.5) is 0 Å². The quantitative estimate of drug-likeness (QED) is 0.724. The first kappa shape index (κ1) is 14.5. The normalized spacial score (nSPS) is 12.3. The minimum Gasteiger partial charge on any atom is -0.507 e. The summed E-state index contributed by atoms with van der Waals surface area (Å²) in [7, 11) is 0. The summed E-state index contributed by atoms with van der Waals surface area (Å²) in [5.41, 5.74) is 0.862. The fourth-order valence-corrected chi connectivity index (χ4v) is 1.43. The number of phenolic OH excluding ortho intramolecular Hbond substituents is 1. The second-order valence-electron chi connectivity index (χ2n) is 4.05. The third kappa shape index (κ3) is 3.70. The molecule has 0 aromatic heterocycles. The second kappa shape index (κ2) is 5.86. The molecule has 5 heteroatoms. The predicted molar refractivity (Wildman–Crippen MR) is 70.7 cm³/mol. The minimum absolute atomic E-state index is 0.0455. The van der Waals surface area contributed by atoms with Gasteiger partial charge >= 0.3 is 11.9 Å². The number of phenols is 1. The molecule has 0 amide bonds. The van der Waals surface area contributed by atoms with Crippen LogP contribution in [0.5, 0.6) is 5.75 Å². The summed E-state index contributed by atoms with van der Waals surface area (Å²) in [6, 6.07) is 4.57. The number of carboxylic acid groups (broad SMARTS) is 2. The van der Waals surface area contributed by atoms with Gasteiger partial charge in [-0.05, 0) is 37.6 Å². The first-order valence-corrected chi connectivity index (χ1v) is 5.48. The molecule has 0 saturated carbocycles. The number of benzene rings is 1. The SMILES string of the molecule is CC(=Cc1cccc(O)c1C=C(C)C(=O)O)C(=O)O. The van der Waals surface area contributed by atoms with E-state index in [1.165, 1.54) is 32.1 Å².